The van der Waals surface area contributed by atoms with Gasteiger partial charge in [-0.1, -0.05) is 44.2 Å². The molecule has 0 radical (unpaired) electrons. The molecular weight excluding hydrogens is 270 g/mol. The third kappa shape index (κ3) is 4.55. The summed E-state index contributed by atoms with van der Waals surface area (Å²) in [6, 6.07) is 12.1. The van der Waals surface area contributed by atoms with E-state index < -0.39 is 0 Å². The number of hydrazine groups is 1. The predicted octanol–water partition coefficient (Wildman–Crippen LogP) is 3.62. The van der Waals surface area contributed by atoms with Crippen molar-refractivity contribution in [1.82, 2.24) is 14.9 Å². The monoisotopic (exact) mass is 303 g/mol. The molecule has 3 heteroatoms. The highest BCUT2D eigenvalue weighted by molar-refractivity contribution is 5.14. The Hall–Kier alpha value is -0.900. The Labute approximate surface area is 136 Å². The number of rotatable bonds is 6. The molecule has 0 amide bonds. The maximum Gasteiger partial charge on any atom is 0.0264 e. The van der Waals surface area contributed by atoms with Crippen LogP contribution in [0.5, 0.6) is 0 Å². The molecular formula is C19H33N3. The maximum absolute atomic E-state index is 2.62. The minimum atomic E-state index is 0.630. The zero-order valence-electron chi connectivity index (χ0n) is 14.8. The average Bonchev–Trinajstić information content (AvgIpc) is 2.77. The summed E-state index contributed by atoms with van der Waals surface area (Å²) in [6.07, 6.45) is 2.43. The summed E-state index contributed by atoms with van der Waals surface area (Å²) < 4.78 is 0. The highest BCUT2D eigenvalue weighted by atomic mass is 15.7. The van der Waals surface area contributed by atoms with Crippen molar-refractivity contribution in [3.05, 3.63) is 35.9 Å². The summed E-state index contributed by atoms with van der Waals surface area (Å²) >= 11 is 0. The fraction of sp³-hybridized carbons (Fsp3) is 0.684. The molecule has 1 fully saturated rings. The van der Waals surface area contributed by atoms with Gasteiger partial charge in [-0.3, -0.25) is 4.90 Å². The van der Waals surface area contributed by atoms with Gasteiger partial charge in [0.2, 0.25) is 0 Å². The van der Waals surface area contributed by atoms with E-state index >= 15 is 0 Å². The van der Waals surface area contributed by atoms with Crippen LogP contribution in [-0.2, 0) is 6.54 Å². The molecule has 0 saturated carbocycles. The van der Waals surface area contributed by atoms with E-state index in [0.29, 0.717) is 12.1 Å². The molecule has 22 heavy (non-hydrogen) atoms. The van der Waals surface area contributed by atoms with Crippen LogP contribution in [-0.4, -0.2) is 53.2 Å². The second kappa shape index (κ2) is 8.66. The van der Waals surface area contributed by atoms with Gasteiger partial charge < -0.3 is 0 Å². The summed E-state index contributed by atoms with van der Waals surface area (Å²) in [6.45, 7) is 15.0. The van der Waals surface area contributed by atoms with Gasteiger partial charge in [0.15, 0.2) is 0 Å². The number of nitrogens with zero attached hydrogens (tertiary/aromatic N) is 3. The second-order valence-electron chi connectivity index (χ2n) is 6.60. The van der Waals surface area contributed by atoms with Crippen LogP contribution in [0, 0.1) is 0 Å². The molecule has 3 nitrogen and oxygen atoms in total. The lowest BCUT2D eigenvalue weighted by atomic mass is 10.2. The number of benzene rings is 1. The van der Waals surface area contributed by atoms with Crippen molar-refractivity contribution in [3.63, 3.8) is 0 Å². The van der Waals surface area contributed by atoms with Crippen LogP contribution in [0.25, 0.3) is 0 Å². The van der Waals surface area contributed by atoms with Gasteiger partial charge in [0.25, 0.3) is 0 Å². The maximum atomic E-state index is 2.62. The Kier molecular flexibility index (Phi) is 6.87. The molecule has 1 aromatic rings. The van der Waals surface area contributed by atoms with Crippen LogP contribution in [0.3, 0.4) is 0 Å². The van der Waals surface area contributed by atoms with E-state index in [1.54, 1.807) is 0 Å². The van der Waals surface area contributed by atoms with Gasteiger partial charge in [0.05, 0.1) is 0 Å². The molecule has 1 heterocycles. The van der Waals surface area contributed by atoms with Crippen molar-refractivity contribution in [2.24, 2.45) is 0 Å². The molecule has 1 aliphatic heterocycles. The van der Waals surface area contributed by atoms with E-state index in [-0.39, 0.29) is 0 Å². The zero-order valence-corrected chi connectivity index (χ0v) is 14.8. The van der Waals surface area contributed by atoms with Crippen molar-refractivity contribution in [1.29, 1.82) is 0 Å². The molecule has 0 N–H and O–H groups in total. The SMILES string of the molecule is CCC(C)N1CCN(Cc2ccccc2)CCN1C(C)CC. The summed E-state index contributed by atoms with van der Waals surface area (Å²) in [5.41, 5.74) is 1.43. The Morgan fingerprint density at radius 3 is 1.77 bits per heavy atom. The summed E-state index contributed by atoms with van der Waals surface area (Å²) in [5.74, 6) is 0. The standard InChI is InChI=1S/C19H33N3/c1-5-17(3)21-14-12-20(13-15-22(21)18(4)6-2)16-19-10-8-7-9-11-19/h7-11,17-18H,5-6,12-16H2,1-4H3. The Bertz CT molecular complexity index is 400. The molecule has 1 saturated heterocycles. The Morgan fingerprint density at radius 2 is 1.32 bits per heavy atom. The lowest BCUT2D eigenvalue weighted by Crippen LogP contribution is -2.52. The molecule has 124 valence electrons. The van der Waals surface area contributed by atoms with Gasteiger partial charge in [-0.15, -0.1) is 0 Å². The van der Waals surface area contributed by atoms with E-state index in [4.69, 9.17) is 0 Å². The van der Waals surface area contributed by atoms with E-state index in [1.807, 2.05) is 0 Å². The van der Waals surface area contributed by atoms with Crippen LogP contribution in [0.4, 0.5) is 0 Å². The smallest absolute Gasteiger partial charge is 0.0264 e. The first-order chi connectivity index (χ1) is 10.7. The molecule has 2 atom stereocenters. The van der Waals surface area contributed by atoms with E-state index in [0.717, 1.165) is 32.7 Å². The predicted molar refractivity (Wildman–Crippen MR) is 94.6 cm³/mol. The lowest BCUT2D eigenvalue weighted by molar-refractivity contribution is -0.0738. The first-order valence-corrected chi connectivity index (χ1v) is 8.95. The summed E-state index contributed by atoms with van der Waals surface area (Å²) in [5, 5.41) is 5.25. The van der Waals surface area contributed by atoms with Gasteiger partial charge in [-0.25, -0.2) is 10.0 Å². The summed E-state index contributed by atoms with van der Waals surface area (Å²) in [4.78, 5) is 2.60. The zero-order chi connectivity index (χ0) is 15.9. The summed E-state index contributed by atoms with van der Waals surface area (Å²) in [7, 11) is 0. The Morgan fingerprint density at radius 1 is 0.818 bits per heavy atom. The fourth-order valence-corrected chi connectivity index (χ4v) is 3.22. The highest BCUT2D eigenvalue weighted by Gasteiger charge is 2.27. The van der Waals surface area contributed by atoms with Crippen LogP contribution >= 0.6 is 0 Å². The van der Waals surface area contributed by atoms with Crippen molar-refractivity contribution in [2.75, 3.05) is 26.2 Å². The molecule has 1 aromatic carbocycles. The van der Waals surface area contributed by atoms with Crippen molar-refractivity contribution >= 4 is 0 Å². The normalized spacial score (nSPS) is 21.5. The molecule has 2 rings (SSSR count). The Balaban J connectivity index is 2.03. The first kappa shape index (κ1) is 17.5. The number of hydrogen-bond acceptors (Lipinski definition) is 3. The van der Waals surface area contributed by atoms with Crippen LogP contribution < -0.4 is 0 Å². The van der Waals surface area contributed by atoms with Crippen molar-refractivity contribution in [2.45, 2.75) is 59.2 Å². The van der Waals surface area contributed by atoms with Crippen LogP contribution in [0.2, 0.25) is 0 Å². The molecule has 0 bridgehead atoms. The third-order valence-electron chi connectivity index (χ3n) is 5.07. The van der Waals surface area contributed by atoms with Crippen LogP contribution in [0.15, 0.2) is 30.3 Å². The lowest BCUT2D eigenvalue weighted by Gasteiger charge is -2.40. The average molecular weight is 303 g/mol. The van der Waals surface area contributed by atoms with Gasteiger partial charge >= 0.3 is 0 Å². The third-order valence-corrected chi connectivity index (χ3v) is 5.07. The molecule has 2 unspecified atom stereocenters. The van der Waals surface area contributed by atoms with Crippen molar-refractivity contribution in [3.8, 4) is 0 Å². The number of hydrogen-bond donors (Lipinski definition) is 0. The molecule has 1 aliphatic rings. The van der Waals surface area contributed by atoms with Gasteiger partial charge in [-0.2, -0.15) is 0 Å². The van der Waals surface area contributed by atoms with Crippen molar-refractivity contribution < 1.29 is 0 Å². The molecule has 0 spiro atoms. The van der Waals surface area contributed by atoms with E-state index in [2.05, 4.69) is 72.9 Å². The minimum absolute atomic E-state index is 0.630. The fourth-order valence-electron chi connectivity index (χ4n) is 3.22. The van der Waals surface area contributed by atoms with Gasteiger partial charge in [0, 0.05) is 44.8 Å². The molecule has 0 aliphatic carbocycles. The highest BCUT2D eigenvalue weighted by Crippen LogP contribution is 2.17. The quantitative estimate of drug-likeness (QED) is 0.795. The van der Waals surface area contributed by atoms with Gasteiger partial charge in [0.1, 0.15) is 0 Å². The second-order valence-corrected chi connectivity index (χ2v) is 6.60. The first-order valence-electron chi connectivity index (χ1n) is 8.95. The topological polar surface area (TPSA) is 9.72 Å². The van der Waals surface area contributed by atoms with E-state index in [9.17, 15) is 0 Å². The minimum Gasteiger partial charge on any atom is -0.296 e. The van der Waals surface area contributed by atoms with Crippen LogP contribution in [0.1, 0.15) is 46.1 Å². The molecule has 0 aromatic heterocycles. The largest absolute Gasteiger partial charge is 0.296 e. The van der Waals surface area contributed by atoms with Gasteiger partial charge in [-0.05, 0) is 32.3 Å². The van der Waals surface area contributed by atoms with E-state index in [1.165, 1.54) is 18.4 Å².